The maximum absolute atomic E-state index is 2.49. The first-order valence-corrected chi connectivity index (χ1v) is 24.1. The van der Waals surface area contributed by atoms with Gasteiger partial charge in [0, 0.05) is 38.8 Å². The topological polar surface area (TPSA) is 8.17 Å². The third-order valence-corrected chi connectivity index (χ3v) is 14.0. The van der Waals surface area contributed by atoms with E-state index in [9.17, 15) is 0 Å². The molecule has 0 amide bonds. The summed E-state index contributed by atoms with van der Waals surface area (Å²) in [6.45, 7) is 0. The van der Waals surface area contributed by atoms with Gasteiger partial charge in [-0.15, -0.1) is 0 Å². The fourth-order valence-corrected chi connectivity index (χ4v) is 10.8. The van der Waals surface area contributed by atoms with E-state index in [0.717, 1.165) is 56.1 Å². The van der Waals surface area contributed by atoms with Crippen molar-refractivity contribution >= 4 is 60.4 Å². The van der Waals surface area contributed by atoms with Gasteiger partial charge in [0.1, 0.15) is 0 Å². The molecule has 0 N–H and O–H groups in total. The lowest BCUT2D eigenvalue weighted by molar-refractivity contribution is 1.19. The van der Waals surface area contributed by atoms with Gasteiger partial charge in [-0.3, -0.25) is 0 Å². The summed E-state index contributed by atoms with van der Waals surface area (Å²) in [5.41, 5.74) is 18.5. The van der Waals surface area contributed by atoms with Crippen LogP contribution < -0.4 is 4.90 Å². The maximum atomic E-state index is 2.49. The van der Waals surface area contributed by atoms with E-state index in [-0.39, 0.29) is 0 Å². The van der Waals surface area contributed by atoms with Crippen molar-refractivity contribution < 1.29 is 0 Å². The van der Waals surface area contributed by atoms with Crippen LogP contribution in [0.25, 0.3) is 105 Å². The minimum absolute atomic E-state index is 1.06. The molecule has 12 aromatic carbocycles. The molecule has 0 saturated heterocycles. The van der Waals surface area contributed by atoms with E-state index >= 15 is 0 Å². The van der Waals surface area contributed by atoms with E-state index < -0.39 is 0 Å². The quantitative estimate of drug-likeness (QED) is 0.140. The molecule has 0 bridgehead atoms. The summed E-state index contributed by atoms with van der Waals surface area (Å²) >= 11 is 0. The first-order chi connectivity index (χ1) is 34.7. The summed E-state index contributed by atoms with van der Waals surface area (Å²) in [7, 11) is 0. The monoisotopic (exact) mass is 890 g/mol. The second kappa shape index (κ2) is 17.4. The van der Waals surface area contributed by atoms with Crippen molar-refractivity contribution in [3.63, 3.8) is 0 Å². The Morgan fingerprint density at radius 1 is 0.243 bits per heavy atom. The van der Waals surface area contributed by atoms with Crippen LogP contribution in [0.5, 0.6) is 0 Å². The maximum Gasteiger partial charge on any atom is 0.0619 e. The SMILES string of the molecule is c1ccc(-c2cccc(N(c3cccc(-c4ccc(-c5ccccc5)c5ccccc45)c3)c3ccc(-c4ccccc4-n4c5ccccc5c5ccc6ccccc6c54)c(-c4ccccc4)c3)c2)cc1. The number of benzene rings is 12. The molecule has 2 heteroatoms. The Morgan fingerprint density at radius 2 is 0.743 bits per heavy atom. The van der Waals surface area contributed by atoms with Crippen LogP contribution in [0.3, 0.4) is 0 Å². The highest BCUT2D eigenvalue weighted by Gasteiger charge is 2.22. The molecule has 1 heterocycles. The number of para-hydroxylation sites is 2. The zero-order chi connectivity index (χ0) is 46.4. The Hall–Kier alpha value is -9.24. The van der Waals surface area contributed by atoms with E-state index in [1.54, 1.807) is 0 Å². The van der Waals surface area contributed by atoms with Gasteiger partial charge in [0.25, 0.3) is 0 Å². The van der Waals surface area contributed by atoms with Crippen molar-refractivity contribution in [2.75, 3.05) is 4.90 Å². The average Bonchev–Trinajstić information content (AvgIpc) is 3.78. The van der Waals surface area contributed by atoms with Gasteiger partial charge < -0.3 is 9.47 Å². The van der Waals surface area contributed by atoms with E-state index in [1.807, 2.05) is 0 Å². The Bertz CT molecular complexity index is 4060. The molecule has 0 atom stereocenters. The fourth-order valence-electron chi connectivity index (χ4n) is 10.8. The molecule has 328 valence electrons. The number of hydrogen-bond acceptors (Lipinski definition) is 1. The highest BCUT2D eigenvalue weighted by Crippen LogP contribution is 2.46. The van der Waals surface area contributed by atoms with E-state index in [0.29, 0.717) is 0 Å². The van der Waals surface area contributed by atoms with Crippen molar-refractivity contribution in [1.82, 2.24) is 4.57 Å². The summed E-state index contributed by atoms with van der Waals surface area (Å²) in [4.78, 5) is 2.43. The standard InChI is InChI=1S/C68H46N2/c1-4-20-47(21-5-1)51-27-18-29-53(44-51)69(54-30-19-28-52(45-54)57-43-42-56(48-22-6-2-7-23-48)59-32-12-13-33-60(57)59)55-39-41-61(65(46-55)49-24-8-3-9-25-49)62-34-14-16-36-66(62)70-67-37-17-15-35-63(67)64-40-38-50-26-10-11-31-58(50)68(64)70/h1-46H. The molecule has 13 rings (SSSR count). The van der Waals surface area contributed by atoms with Gasteiger partial charge in [0.2, 0.25) is 0 Å². The van der Waals surface area contributed by atoms with Gasteiger partial charge in [-0.1, -0.05) is 231 Å². The highest BCUT2D eigenvalue weighted by molar-refractivity contribution is 6.19. The number of hydrogen-bond donors (Lipinski definition) is 0. The molecule has 0 aliphatic carbocycles. The predicted octanol–water partition coefficient (Wildman–Crippen LogP) is 18.9. The van der Waals surface area contributed by atoms with Crippen LogP contribution in [0.4, 0.5) is 17.1 Å². The second-order valence-corrected chi connectivity index (χ2v) is 18.0. The summed E-state index contributed by atoms with van der Waals surface area (Å²) in [5.74, 6) is 0. The third kappa shape index (κ3) is 7.13. The molecular weight excluding hydrogens is 845 g/mol. The molecule has 0 saturated carbocycles. The minimum atomic E-state index is 1.06. The average molecular weight is 891 g/mol. The first-order valence-electron chi connectivity index (χ1n) is 24.1. The van der Waals surface area contributed by atoms with Gasteiger partial charge >= 0.3 is 0 Å². The highest BCUT2D eigenvalue weighted by atomic mass is 15.1. The van der Waals surface area contributed by atoms with Crippen LogP contribution in [0.1, 0.15) is 0 Å². The molecular formula is C68H46N2. The predicted molar refractivity (Wildman–Crippen MR) is 298 cm³/mol. The summed E-state index contributed by atoms with van der Waals surface area (Å²) in [5, 5.41) is 7.42. The van der Waals surface area contributed by atoms with E-state index in [1.165, 1.54) is 65.6 Å². The number of aromatic nitrogens is 1. The molecule has 0 fully saturated rings. The summed E-state index contributed by atoms with van der Waals surface area (Å²) < 4.78 is 2.49. The van der Waals surface area contributed by atoms with Crippen LogP contribution in [0, 0.1) is 0 Å². The molecule has 1 aromatic heterocycles. The molecule has 0 spiro atoms. The molecule has 2 nitrogen and oxygen atoms in total. The summed E-state index contributed by atoms with van der Waals surface area (Å²) in [6.07, 6.45) is 0. The lowest BCUT2D eigenvalue weighted by Gasteiger charge is -2.28. The zero-order valence-corrected chi connectivity index (χ0v) is 38.5. The number of fused-ring (bicyclic) bond motifs is 6. The number of anilines is 3. The zero-order valence-electron chi connectivity index (χ0n) is 38.5. The van der Waals surface area contributed by atoms with Crippen LogP contribution in [-0.2, 0) is 0 Å². The molecule has 70 heavy (non-hydrogen) atoms. The van der Waals surface area contributed by atoms with E-state index in [4.69, 9.17) is 0 Å². The van der Waals surface area contributed by atoms with Gasteiger partial charge in [0.15, 0.2) is 0 Å². The summed E-state index contributed by atoms with van der Waals surface area (Å²) in [6, 6.07) is 102. The van der Waals surface area contributed by atoms with Crippen LogP contribution in [0.15, 0.2) is 279 Å². The van der Waals surface area contributed by atoms with Crippen molar-refractivity contribution in [2.45, 2.75) is 0 Å². The lowest BCUT2D eigenvalue weighted by Crippen LogP contribution is -2.10. The van der Waals surface area contributed by atoms with Crippen LogP contribution >= 0.6 is 0 Å². The Kier molecular flexibility index (Phi) is 10.2. The normalized spacial score (nSPS) is 11.4. The second-order valence-electron chi connectivity index (χ2n) is 18.0. The minimum Gasteiger partial charge on any atom is -0.310 e. The molecule has 0 radical (unpaired) electrons. The largest absolute Gasteiger partial charge is 0.310 e. The van der Waals surface area contributed by atoms with Gasteiger partial charge in [-0.25, -0.2) is 0 Å². The van der Waals surface area contributed by atoms with Gasteiger partial charge in [-0.05, 0) is 115 Å². The van der Waals surface area contributed by atoms with Crippen molar-refractivity contribution in [1.29, 1.82) is 0 Å². The Labute approximate surface area is 408 Å². The first kappa shape index (κ1) is 41.0. The van der Waals surface area contributed by atoms with Crippen molar-refractivity contribution in [2.24, 2.45) is 0 Å². The van der Waals surface area contributed by atoms with Crippen molar-refractivity contribution in [3.05, 3.63) is 279 Å². The fraction of sp³-hybridized carbons (Fsp3) is 0. The number of rotatable bonds is 9. The molecule has 0 unspecified atom stereocenters. The molecule has 0 aliphatic heterocycles. The van der Waals surface area contributed by atoms with Crippen LogP contribution in [-0.4, -0.2) is 4.57 Å². The molecule has 0 aliphatic rings. The Balaban J connectivity index is 1.02. The van der Waals surface area contributed by atoms with Gasteiger partial charge in [0.05, 0.1) is 16.7 Å². The van der Waals surface area contributed by atoms with Crippen molar-refractivity contribution in [3.8, 4) is 61.3 Å². The molecule has 13 aromatic rings. The van der Waals surface area contributed by atoms with Gasteiger partial charge in [-0.2, -0.15) is 0 Å². The third-order valence-electron chi connectivity index (χ3n) is 14.0. The van der Waals surface area contributed by atoms with E-state index in [2.05, 4.69) is 289 Å². The smallest absolute Gasteiger partial charge is 0.0619 e. The lowest BCUT2D eigenvalue weighted by atomic mass is 9.91. The number of nitrogens with zero attached hydrogens (tertiary/aromatic N) is 2. The van der Waals surface area contributed by atoms with Crippen LogP contribution in [0.2, 0.25) is 0 Å². The Morgan fingerprint density at radius 3 is 1.46 bits per heavy atom.